The molecule has 3 N–H and O–H groups in total. The van der Waals surface area contributed by atoms with Crippen molar-refractivity contribution in [2.24, 2.45) is 5.73 Å². The molecule has 0 unspecified atom stereocenters. The van der Waals surface area contributed by atoms with E-state index < -0.39 is 0 Å². The van der Waals surface area contributed by atoms with Crippen LogP contribution in [-0.4, -0.2) is 17.5 Å². The fourth-order valence-corrected chi connectivity index (χ4v) is 1.01. The Morgan fingerprint density at radius 1 is 1.71 bits per heavy atom. The van der Waals surface area contributed by atoms with Crippen LogP contribution in [-0.2, 0) is 0 Å². The lowest BCUT2D eigenvalue weighted by Crippen LogP contribution is -3.00. The first-order valence-corrected chi connectivity index (χ1v) is 2.87. The Morgan fingerprint density at radius 3 is 2.57 bits per heavy atom. The van der Waals surface area contributed by atoms with Crippen LogP contribution >= 0.6 is 11.8 Å². The van der Waals surface area contributed by atoms with Crippen molar-refractivity contribution in [2.45, 2.75) is 0 Å². The van der Waals surface area contributed by atoms with Crippen molar-refractivity contribution in [1.29, 1.82) is 0 Å². The molecule has 0 saturated heterocycles. The third-order valence-electron chi connectivity index (χ3n) is 0.659. The zero-order chi connectivity index (χ0) is 4.41. The lowest BCUT2D eigenvalue weighted by molar-refractivity contribution is -0.445. The maximum atomic E-state index is 5.30. The van der Waals surface area contributed by atoms with E-state index in [-0.39, 0.29) is 24.0 Å². The van der Waals surface area contributed by atoms with E-state index in [2.05, 4.69) is 4.99 Å². The normalized spacial score (nSPS) is 18.0. The standard InChI is InChI=1S/C3H6N2S.HI/c4-3-5-1-2-6-3;/h1-2H2,(H2,4,5);1H. The minimum atomic E-state index is 0. The zero-order valence-electron chi connectivity index (χ0n) is 3.78. The molecule has 4 heteroatoms. The van der Waals surface area contributed by atoms with E-state index in [9.17, 15) is 0 Å². The Balaban J connectivity index is 0.000000360. The summed E-state index contributed by atoms with van der Waals surface area (Å²) in [6.07, 6.45) is 0. The molecular formula is C3H7IN2S. The first-order valence-electron chi connectivity index (χ1n) is 1.89. The Labute approximate surface area is 64.0 Å². The second kappa shape index (κ2) is 3.54. The molecule has 1 rings (SSSR count). The molecule has 0 atom stereocenters. The molecule has 0 aromatic rings. The van der Waals surface area contributed by atoms with Gasteiger partial charge in [0.2, 0.25) is 0 Å². The van der Waals surface area contributed by atoms with Gasteiger partial charge in [0.25, 0.3) is 0 Å². The number of hydrogen-bond acceptors (Lipinski definition) is 2. The van der Waals surface area contributed by atoms with E-state index in [1.165, 1.54) is 0 Å². The van der Waals surface area contributed by atoms with Gasteiger partial charge in [0.15, 0.2) is 0 Å². The Morgan fingerprint density at radius 2 is 2.43 bits per heavy atom. The average Bonchev–Trinajstić information content (AvgIpc) is 1.86. The van der Waals surface area contributed by atoms with Gasteiger partial charge in [-0.15, -0.1) is 0 Å². The predicted molar refractivity (Wildman–Crippen MR) is 27.5 cm³/mol. The molecule has 0 radical (unpaired) electrons. The van der Waals surface area contributed by atoms with E-state index in [0.29, 0.717) is 0 Å². The summed E-state index contributed by atoms with van der Waals surface area (Å²) in [6.45, 7) is 1.04. The smallest absolute Gasteiger partial charge is 0.302 e. The summed E-state index contributed by atoms with van der Waals surface area (Å²) in [4.78, 5) is 2.98. The lowest BCUT2D eigenvalue weighted by Gasteiger charge is -1.69. The number of hydrogen-bond donors (Lipinski definition) is 2. The van der Waals surface area contributed by atoms with Gasteiger partial charge in [-0.3, -0.25) is 10.7 Å². The molecule has 1 heterocycles. The summed E-state index contributed by atoms with van der Waals surface area (Å²) in [6, 6.07) is 0. The molecule has 1 aliphatic rings. The molecule has 42 valence electrons. The summed E-state index contributed by atoms with van der Waals surface area (Å²) in [7, 11) is 0. The van der Waals surface area contributed by atoms with Crippen molar-refractivity contribution in [3.05, 3.63) is 0 Å². The quantitative estimate of drug-likeness (QED) is 0.410. The number of amidine groups is 1. The number of nitrogens with one attached hydrogen (secondary N) is 1. The minimum Gasteiger partial charge on any atom is -1.00 e. The zero-order valence-corrected chi connectivity index (χ0v) is 6.75. The van der Waals surface area contributed by atoms with Gasteiger partial charge in [0.1, 0.15) is 0 Å². The second-order valence-corrected chi connectivity index (χ2v) is 2.28. The van der Waals surface area contributed by atoms with Crippen molar-refractivity contribution in [1.82, 2.24) is 0 Å². The van der Waals surface area contributed by atoms with Gasteiger partial charge in [-0.05, 0) is 11.8 Å². The van der Waals surface area contributed by atoms with E-state index in [4.69, 9.17) is 5.73 Å². The minimum absolute atomic E-state index is 0. The summed E-state index contributed by atoms with van der Waals surface area (Å²) in [5, 5.41) is 0.870. The highest BCUT2D eigenvalue weighted by Crippen LogP contribution is 1.93. The number of rotatable bonds is 0. The van der Waals surface area contributed by atoms with Crippen molar-refractivity contribution >= 4 is 16.9 Å². The summed E-state index contributed by atoms with van der Waals surface area (Å²) in [5.41, 5.74) is 5.30. The van der Waals surface area contributed by atoms with Gasteiger partial charge >= 0.3 is 5.17 Å². The van der Waals surface area contributed by atoms with Crippen LogP contribution in [0, 0.1) is 0 Å². The molecule has 0 aliphatic carbocycles. The molecule has 0 fully saturated rings. The fraction of sp³-hybridized carbons (Fsp3) is 0.667. The van der Waals surface area contributed by atoms with Gasteiger partial charge in [-0.1, -0.05) is 0 Å². The van der Waals surface area contributed by atoms with Crippen molar-refractivity contribution in [3.63, 3.8) is 0 Å². The highest BCUT2D eigenvalue weighted by Gasteiger charge is 2.04. The number of halogens is 1. The van der Waals surface area contributed by atoms with Crippen LogP contribution in [0.25, 0.3) is 0 Å². The summed E-state index contributed by atoms with van der Waals surface area (Å²) < 4.78 is 0. The van der Waals surface area contributed by atoms with Crippen LogP contribution in [0.5, 0.6) is 0 Å². The van der Waals surface area contributed by atoms with Crippen LogP contribution in [0.2, 0.25) is 0 Å². The van der Waals surface area contributed by atoms with Crippen LogP contribution in [0.4, 0.5) is 0 Å². The molecule has 0 saturated carbocycles. The Bertz CT molecular complexity index is 83.0. The third-order valence-corrected chi connectivity index (χ3v) is 1.52. The van der Waals surface area contributed by atoms with Crippen LogP contribution in [0.1, 0.15) is 0 Å². The molecule has 0 aromatic heterocycles. The van der Waals surface area contributed by atoms with Crippen LogP contribution < -0.4 is 34.7 Å². The first kappa shape index (κ1) is 7.55. The highest BCUT2D eigenvalue weighted by atomic mass is 127. The van der Waals surface area contributed by atoms with Crippen molar-refractivity contribution in [2.75, 3.05) is 12.3 Å². The van der Waals surface area contributed by atoms with E-state index in [0.717, 1.165) is 17.5 Å². The molecule has 0 amide bonds. The SMILES string of the molecule is NC1=[NH+]CCS1.[I-]. The van der Waals surface area contributed by atoms with Gasteiger partial charge in [-0.2, -0.15) is 0 Å². The maximum absolute atomic E-state index is 5.30. The fourth-order valence-electron chi connectivity index (χ4n) is 0.386. The Kier molecular flexibility index (Phi) is 3.82. The van der Waals surface area contributed by atoms with Crippen molar-refractivity contribution < 1.29 is 29.0 Å². The molecular weight excluding hydrogens is 223 g/mol. The lowest BCUT2D eigenvalue weighted by atomic mass is 10.8. The number of nitrogens with two attached hydrogens (primary N) is 1. The largest absolute Gasteiger partial charge is 1.00 e. The molecule has 0 aromatic carbocycles. The topological polar surface area (TPSA) is 40.0 Å². The molecule has 0 bridgehead atoms. The summed E-state index contributed by atoms with van der Waals surface area (Å²) in [5.74, 6) is 1.13. The average molecular weight is 230 g/mol. The third kappa shape index (κ3) is 2.38. The monoisotopic (exact) mass is 230 g/mol. The molecule has 2 nitrogen and oxygen atoms in total. The van der Waals surface area contributed by atoms with Gasteiger partial charge in [0.05, 0.1) is 6.54 Å². The van der Waals surface area contributed by atoms with Crippen molar-refractivity contribution in [3.8, 4) is 0 Å². The summed E-state index contributed by atoms with van der Waals surface area (Å²) >= 11 is 1.68. The molecule has 7 heavy (non-hydrogen) atoms. The van der Waals surface area contributed by atoms with E-state index in [1.54, 1.807) is 11.8 Å². The Hall–Kier alpha value is 0.550. The van der Waals surface area contributed by atoms with E-state index in [1.807, 2.05) is 0 Å². The van der Waals surface area contributed by atoms with Gasteiger partial charge < -0.3 is 24.0 Å². The van der Waals surface area contributed by atoms with Gasteiger partial charge in [0, 0.05) is 5.75 Å². The first-order chi connectivity index (χ1) is 2.89. The molecule has 0 spiro atoms. The predicted octanol–water partition coefficient (Wildman–Crippen LogP) is -4.87. The highest BCUT2D eigenvalue weighted by molar-refractivity contribution is 8.13. The number of thioether (sulfide) groups is 1. The van der Waals surface area contributed by atoms with Crippen LogP contribution in [0.3, 0.4) is 0 Å². The second-order valence-electron chi connectivity index (χ2n) is 1.14. The van der Waals surface area contributed by atoms with Crippen LogP contribution in [0.15, 0.2) is 0 Å². The van der Waals surface area contributed by atoms with Gasteiger partial charge in [-0.25, -0.2) is 0 Å². The molecule has 1 aliphatic heterocycles. The maximum Gasteiger partial charge on any atom is 0.302 e. The van der Waals surface area contributed by atoms with E-state index >= 15 is 0 Å².